The van der Waals surface area contributed by atoms with Gasteiger partial charge in [-0.25, -0.2) is 4.57 Å². The molecule has 0 bridgehead atoms. The van der Waals surface area contributed by atoms with E-state index in [1.54, 1.807) is 0 Å². The van der Waals surface area contributed by atoms with E-state index in [1.807, 2.05) is 0 Å². The normalized spacial score (nSPS) is 14.2. The van der Waals surface area contributed by atoms with Crippen LogP contribution in [-0.2, 0) is 27.9 Å². The minimum Gasteiger partial charge on any atom is -0.480 e. The third kappa shape index (κ3) is 35.3. The van der Waals surface area contributed by atoms with Gasteiger partial charge in [-0.3, -0.25) is 13.8 Å². The van der Waals surface area contributed by atoms with Crippen LogP contribution in [0.5, 0.6) is 0 Å². The van der Waals surface area contributed by atoms with Crippen molar-refractivity contribution in [3.05, 3.63) is 0 Å². The molecule has 0 amide bonds. The van der Waals surface area contributed by atoms with Crippen LogP contribution in [-0.4, -0.2) is 61.1 Å². The van der Waals surface area contributed by atoms with E-state index < -0.39 is 32.5 Å². The Morgan fingerprint density at radius 1 is 0.542 bits per heavy atom. The fourth-order valence-corrected chi connectivity index (χ4v) is 6.54. The first-order valence-corrected chi connectivity index (χ1v) is 21.6. The summed E-state index contributed by atoms with van der Waals surface area (Å²) >= 11 is 0. The van der Waals surface area contributed by atoms with E-state index in [0.29, 0.717) is 13.2 Å². The summed E-state index contributed by atoms with van der Waals surface area (Å²) in [6.07, 6.45) is 35.7. The van der Waals surface area contributed by atoms with Crippen LogP contribution in [0.4, 0.5) is 0 Å². The lowest BCUT2D eigenvalue weighted by Crippen LogP contribution is -2.34. The molecule has 0 heterocycles. The van der Waals surface area contributed by atoms with Gasteiger partial charge in [-0.2, -0.15) is 0 Å². The van der Waals surface area contributed by atoms with E-state index >= 15 is 0 Å². The van der Waals surface area contributed by atoms with Crippen molar-refractivity contribution in [2.24, 2.45) is 5.73 Å². The van der Waals surface area contributed by atoms with Crippen LogP contribution in [0, 0.1) is 0 Å². The number of nitrogens with two attached hydrogens (primary N) is 1. The predicted molar refractivity (Wildman–Crippen MR) is 199 cm³/mol. The zero-order valence-corrected chi connectivity index (χ0v) is 32.3. The Labute approximate surface area is 295 Å². The molecule has 0 aliphatic heterocycles. The van der Waals surface area contributed by atoms with Crippen LogP contribution in [0.25, 0.3) is 0 Å². The molecule has 0 radical (unpaired) electrons. The maximum Gasteiger partial charge on any atom is 0.472 e. The first kappa shape index (κ1) is 47.5. The molecule has 0 rings (SSSR count). The van der Waals surface area contributed by atoms with Crippen LogP contribution in [0.2, 0.25) is 0 Å². The Hall–Kier alpha value is -0.540. The molecular weight excluding hydrogens is 629 g/mol. The summed E-state index contributed by atoms with van der Waals surface area (Å²) in [5, 5.41) is 8.87. The molecule has 288 valence electrons. The van der Waals surface area contributed by atoms with E-state index in [1.165, 1.54) is 154 Å². The Morgan fingerprint density at radius 3 is 1.25 bits per heavy atom. The van der Waals surface area contributed by atoms with Gasteiger partial charge < -0.3 is 25.2 Å². The first-order chi connectivity index (χ1) is 23.3. The van der Waals surface area contributed by atoms with E-state index in [0.717, 1.165) is 25.7 Å². The summed E-state index contributed by atoms with van der Waals surface area (Å²) in [7, 11) is -4.47. The number of rotatable bonds is 40. The molecule has 0 aromatic carbocycles. The fraction of sp³-hybridized carbons (Fsp3) is 0.974. The molecule has 0 fully saturated rings. The summed E-state index contributed by atoms with van der Waals surface area (Å²) in [6.45, 7) is 5.10. The molecule has 9 nitrogen and oxygen atoms in total. The number of unbranched alkanes of at least 4 members (excludes halogenated alkanes) is 26. The minimum absolute atomic E-state index is 0.187. The molecule has 10 heteroatoms. The zero-order valence-electron chi connectivity index (χ0n) is 31.4. The number of phosphoric acid groups is 1. The molecule has 0 aliphatic carbocycles. The summed E-state index contributed by atoms with van der Waals surface area (Å²) < 4.78 is 33.9. The number of carbonyl (C=O) groups is 1. The highest BCUT2D eigenvalue weighted by atomic mass is 31.2. The number of aliphatic carboxylic acids is 1. The first-order valence-electron chi connectivity index (χ1n) is 20.1. The van der Waals surface area contributed by atoms with Crippen LogP contribution in [0.1, 0.15) is 194 Å². The summed E-state index contributed by atoms with van der Waals surface area (Å²) in [5.74, 6) is -1.32. The third-order valence-electron chi connectivity index (χ3n) is 8.96. The highest BCUT2D eigenvalue weighted by molar-refractivity contribution is 7.47. The predicted octanol–water partition coefficient (Wildman–Crippen LogP) is 10.9. The molecule has 2 unspecified atom stereocenters. The van der Waals surface area contributed by atoms with Gasteiger partial charge in [-0.05, 0) is 12.8 Å². The SMILES string of the molecule is CCCCCCCCCCCCCCCCOCC(COP(=O)(O)OC[C@H](N)C(=O)O)OCCCCCCCCCCCCCCCC. The van der Waals surface area contributed by atoms with Crippen LogP contribution >= 0.6 is 7.82 Å². The summed E-state index contributed by atoms with van der Waals surface area (Å²) in [4.78, 5) is 20.9. The van der Waals surface area contributed by atoms with E-state index in [9.17, 15) is 14.3 Å². The van der Waals surface area contributed by atoms with Crippen molar-refractivity contribution >= 4 is 13.8 Å². The fourth-order valence-electron chi connectivity index (χ4n) is 5.76. The Morgan fingerprint density at radius 2 is 0.875 bits per heavy atom. The van der Waals surface area contributed by atoms with Crippen molar-refractivity contribution in [3.63, 3.8) is 0 Å². The summed E-state index contributed by atoms with van der Waals surface area (Å²) in [6, 6.07) is -1.41. The number of carboxylic acids is 1. The Balaban J connectivity index is 4.10. The van der Waals surface area contributed by atoms with Gasteiger partial charge in [0.15, 0.2) is 0 Å². The van der Waals surface area contributed by atoms with Gasteiger partial charge in [0, 0.05) is 13.2 Å². The second kappa shape index (κ2) is 36.3. The van der Waals surface area contributed by atoms with Crippen molar-refractivity contribution in [2.45, 2.75) is 206 Å². The van der Waals surface area contributed by atoms with Gasteiger partial charge >= 0.3 is 13.8 Å². The zero-order chi connectivity index (χ0) is 35.4. The maximum atomic E-state index is 12.2. The van der Waals surface area contributed by atoms with Crippen molar-refractivity contribution in [1.29, 1.82) is 0 Å². The number of hydrogen-bond acceptors (Lipinski definition) is 7. The van der Waals surface area contributed by atoms with Crippen LogP contribution < -0.4 is 5.73 Å². The monoisotopic (exact) mass is 708 g/mol. The quantitative estimate of drug-likeness (QED) is 0.0419. The minimum atomic E-state index is -4.47. The lowest BCUT2D eigenvalue weighted by molar-refractivity contribution is -0.139. The number of ether oxygens (including phenoxy) is 2. The van der Waals surface area contributed by atoms with Gasteiger partial charge in [-0.15, -0.1) is 0 Å². The van der Waals surface area contributed by atoms with E-state index in [2.05, 4.69) is 13.8 Å². The second-order valence-electron chi connectivity index (χ2n) is 13.8. The molecule has 0 aromatic rings. The van der Waals surface area contributed by atoms with Crippen LogP contribution in [0.3, 0.4) is 0 Å². The van der Waals surface area contributed by atoms with Gasteiger partial charge in [0.2, 0.25) is 0 Å². The van der Waals surface area contributed by atoms with E-state index in [-0.39, 0.29) is 13.2 Å². The highest BCUT2D eigenvalue weighted by Crippen LogP contribution is 2.43. The molecule has 0 aromatic heterocycles. The number of carboxylic acid groups (broad SMARTS) is 1. The van der Waals surface area contributed by atoms with Gasteiger partial charge in [0.05, 0.1) is 19.8 Å². The molecule has 0 spiro atoms. The van der Waals surface area contributed by atoms with Crippen molar-refractivity contribution in [2.75, 3.05) is 33.0 Å². The number of phosphoric ester groups is 1. The summed E-state index contributed by atoms with van der Waals surface area (Å²) in [5.41, 5.74) is 5.37. The Bertz CT molecular complexity index is 729. The van der Waals surface area contributed by atoms with Crippen LogP contribution in [0.15, 0.2) is 0 Å². The molecule has 4 N–H and O–H groups in total. The molecule has 3 atom stereocenters. The van der Waals surface area contributed by atoms with E-state index in [4.69, 9.17) is 29.4 Å². The Kier molecular flexibility index (Phi) is 35.8. The highest BCUT2D eigenvalue weighted by Gasteiger charge is 2.26. The van der Waals surface area contributed by atoms with Gasteiger partial charge in [0.1, 0.15) is 12.1 Å². The molecular formula is C38H78NO8P. The average molecular weight is 708 g/mol. The van der Waals surface area contributed by atoms with Gasteiger partial charge in [-0.1, -0.05) is 181 Å². The third-order valence-corrected chi connectivity index (χ3v) is 9.91. The standard InChI is InChI=1S/C38H78NO8P/c1-3-5-7-9-11-13-15-17-19-21-23-25-27-29-31-44-33-36(34-46-48(42,43)47-35-37(39)38(40)41)45-32-30-28-26-24-22-20-18-16-14-12-10-8-6-4-2/h36-37H,3-35,39H2,1-2H3,(H,40,41)(H,42,43)/t36?,37-/m0/s1. The molecule has 48 heavy (non-hydrogen) atoms. The average Bonchev–Trinajstić information content (AvgIpc) is 3.07. The molecule has 0 aliphatic rings. The number of hydrogen-bond donors (Lipinski definition) is 3. The largest absolute Gasteiger partial charge is 0.480 e. The smallest absolute Gasteiger partial charge is 0.472 e. The second-order valence-corrected chi connectivity index (χ2v) is 15.2. The van der Waals surface area contributed by atoms with Crippen molar-refractivity contribution < 1.29 is 37.9 Å². The topological polar surface area (TPSA) is 138 Å². The lowest BCUT2D eigenvalue weighted by Gasteiger charge is -2.20. The lowest BCUT2D eigenvalue weighted by atomic mass is 10.0. The molecule has 0 saturated heterocycles. The molecule has 0 saturated carbocycles. The van der Waals surface area contributed by atoms with Gasteiger partial charge in [0.25, 0.3) is 0 Å². The maximum absolute atomic E-state index is 12.2. The van der Waals surface area contributed by atoms with Crippen molar-refractivity contribution in [1.82, 2.24) is 0 Å². The van der Waals surface area contributed by atoms with Crippen molar-refractivity contribution in [3.8, 4) is 0 Å².